The molecule has 0 bridgehead atoms. The molecule has 0 saturated carbocycles. The zero-order chi connectivity index (χ0) is 2.00. The first kappa shape index (κ1) is 17.3. The molecule has 25 valence electrons. The van der Waals surface area contributed by atoms with Crippen molar-refractivity contribution in [3.8, 4) is 0 Å². The molecule has 0 aliphatic heterocycles. The third-order valence-electron chi connectivity index (χ3n) is 0. The summed E-state index contributed by atoms with van der Waals surface area (Å²) in [7, 11) is 6.33. The van der Waals surface area contributed by atoms with Crippen molar-refractivity contribution in [2.75, 3.05) is 0 Å². The standard InChI is InChI=1S/BH2P.Co.Mo/c1-2;;/h2H2;;. The fraction of sp³-hybridized carbons (Fsp3) is 0. The monoisotopic (exact) mass is 201 g/mol. The van der Waals surface area contributed by atoms with E-state index in [2.05, 4.69) is 7.57 Å². The average molecular weight is 199 g/mol. The fourth-order valence-electron chi connectivity index (χ4n) is 0. The summed E-state index contributed by atoms with van der Waals surface area (Å²) in [5, 5.41) is 0. The Morgan fingerprint density at radius 3 is 1.25 bits per heavy atom. The van der Waals surface area contributed by atoms with Crippen LogP contribution in [0.1, 0.15) is 0 Å². The summed E-state index contributed by atoms with van der Waals surface area (Å²) in [6.45, 7) is 0. The van der Waals surface area contributed by atoms with Crippen LogP contribution < -0.4 is 0 Å². The van der Waals surface area contributed by atoms with E-state index in [1.165, 1.54) is 0 Å². The van der Waals surface area contributed by atoms with Crippen LogP contribution in [-0.4, -0.2) is 7.57 Å². The fourth-order valence-corrected chi connectivity index (χ4v) is 0. The minimum atomic E-state index is 0. The molecule has 0 amide bonds. The van der Waals surface area contributed by atoms with E-state index >= 15 is 0 Å². The molecule has 0 heterocycles. The third-order valence-corrected chi connectivity index (χ3v) is 0. The molecule has 0 aromatic rings. The van der Waals surface area contributed by atoms with Gasteiger partial charge in [0.15, 0.2) is 0 Å². The molecule has 0 aromatic carbocycles. The molecular weight excluding hydrogens is 197 g/mol. The topological polar surface area (TPSA) is 0 Å². The molecule has 0 aliphatic carbocycles. The van der Waals surface area contributed by atoms with Gasteiger partial charge in [-0.2, -0.15) is 9.12 Å². The molecule has 1 unspecified atom stereocenters. The maximum absolute atomic E-state index is 4.42. The zero-order valence-corrected chi connectivity index (χ0v) is 6.10. The van der Waals surface area contributed by atoms with Gasteiger partial charge in [-0.1, -0.05) is 0 Å². The third kappa shape index (κ3) is 9.35. The van der Waals surface area contributed by atoms with E-state index in [4.69, 9.17) is 0 Å². The van der Waals surface area contributed by atoms with E-state index in [1.54, 1.807) is 0 Å². The van der Waals surface area contributed by atoms with E-state index in [0.29, 0.717) is 0 Å². The van der Waals surface area contributed by atoms with Crippen molar-refractivity contribution in [2.24, 2.45) is 0 Å². The molecule has 0 N–H and O–H groups in total. The smallest absolute Gasteiger partial charge is 0.0996 e. The van der Waals surface area contributed by atoms with Gasteiger partial charge in [-0.3, -0.25) is 0 Å². The summed E-state index contributed by atoms with van der Waals surface area (Å²) in [5.74, 6) is 0. The Balaban J connectivity index is -0.00000000500. The van der Waals surface area contributed by atoms with Crippen LogP contribution in [0.2, 0.25) is 0 Å². The van der Waals surface area contributed by atoms with Crippen LogP contribution in [0.4, 0.5) is 0 Å². The van der Waals surface area contributed by atoms with E-state index in [9.17, 15) is 0 Å². The molecule has 0 saturated heterocycles. The predicted molar refractivity (Wildman–Crippen MR) is 15.5 cm³/mol. The van der Waals surface area contributed by atoms with Crippen molar-refractivity contribution in [1.29, 1.82) is 0 Å². The van der Waals surface area contributed by atoms with Gasteiger partial charge >= 0.3 is 0 Å². The van der Waals surface area contributed by atoms with Gasteiger partial charge in [-0.15, -0.1) is 0 Å². The van der Waals surface area contributed by atoms with Crippen molar-refractivity contribution in [3.63, 3.8) is 0 Å². The van der Waals surface area contributed by atoms with Crippen molar-refractivity contribution < 1.29 is 37.8 Å². The summed E-state index contributed by atoms with van der Waals surface area (Å²) >= 11 is 0. The molecule has 3 radical (unpaired) electrons. The Labute approximate surface area is 54.5 Å². The molecule has 4 heteroatoms. The van der Waals surface area contributed by atoms with Crippen LogP contribution in [0.3, 0.4) is 0 Å². The molecule has 0 spiro atoms. The molecule has 0 rings (SSSR count). The second-order valence-corrected chi connectivity index (χ2v) is 0. The van der Waals surface area contributed by atoms with Crippen molar-refractivity contribution in [1.82, 2.24) is 0 Å². The first-order valence-electron chi connectivity index (χ1n) is 0.333. The maximum atomic E-state index is 4.42. The van der Waals surface area contributed by atoms with Gasteiger partial charge in [0.25, 0.3) is 0 Å². The second-order valence-electron chi connectivity index (χ2n) is 0. The van der Waals surface area contributed by atoms with Crippen LogP contribution in [0.15, 0.2) is 0 Å². The number of hydrogen-bond acceptors (Lipinski definition) is 0. The van der Waals surface area contributed by atoms with Crippen LogP contribution in [0.25, 0.3) is 0 Å². The van der Waals surface area contributed by atoms with Gasteiger partial charge in [-0.25, -0.2) is 0 Å². The molecular formula is H2BCoMoP. The molecule has 1 atom stereocenters. The second kappa shape index (κ2) is 22.4. The number of rotatable bonds is 0. The van der Waals surface area contributed by atoms with Crippen LogP contribution in [0.5, 0.6) is 0 Å². The Morgan fingerprint density at radius 2 is 1.25 bits per heavy atom. The quantitative estimate of drug-likeness (QED) is 0.378. The van der Waals surface area contributed by atoms with Gasteiger partial charge in [0.2, 0.25) is 0 Å². The van der Waals surface area contributed by atoms with E-state index in [-0.39, 0.29) is 37.8 Å². The predicted octanol–water partition coefficient (Wildman–Crippen LogP) is -0.0600. The molecule has 4 heavy (non-hydrogen) atoms. The van der Waals surface area contributed by atoms with E-state index < -0.39 is 0 Å². The summed E-state index contributed by atoms with van der Waals surface area (Å²) in [5.41, 5.74) is 0. The Bertz CT molecular complexity index is 8.00. The summed E-state index contributed by atoms with van der Waals surface area (Å²) in [6.07, 6.45) is 0. The Hall–Kier alpha value is 1.69. The molecule has 0 nitrogen and oxygen atoms in total. The molecule has 0 aromatic heterocycles. The normalized spacial score (nSPS) is 1.25. The summed E-state index contributed by atoms with van der Waals surface area (Å²) in [4.78, 5) is 0. The maximum Gasteiger partial charge on any atom is 0.0996 e. The van der Waals surface area contributed by atoms with Gasteiger partial charge < -0.3 is 0 Å². The Morgan fingerprint density at radius 1 is 1.25 bits per heavy atom. The van der Waals surface area contributed by atoms with Crippen LogP contribution >= 0.6 is 9.12 Å². The van der Waals surface area contributed by atoms with Gasteiger partial charge in [0.05, 0.1) is 7.57 Å². The van der Waals surface area contributed by atoms with Gasteiger partial charge in [0, 0.05) is 37.8 Å². The van der Waals surface area contributed by atoms with Crippen molar-refractivity contribution in [3.05, 3.63) is 0 Å². The molecule has 0 fully saturated rings. The summed E-state index contributed by atoms with van der Waals surface area (Å²) < 4.78 is 0. The first-order chi connectivity index (χ1) is 1.00. The number of hydrogen-bond donors (Lipinski definition) is 0. The van der Waals surface area contributed by atoms with Gasteiger partial charge in [0.1, 0.15) is 0 Å². The van der Waals surface area contributed by atoms with E-state index in [1.807, 2.05) is 9.12 Å². The first-order valence-corrected chi connectivity index (χ1v) is 1.00. The van der Waals surface area contributed by atoms with E-state index in [0.717, 1.165) is 0 Å². The summed E-state index contributed by atoms with van der Waals surface area (Å²) in [6, 6.07) is 0. The van der Waals surface area contributed by atoms with Crippen molar-refractivity contribution in [2.45, 2.75) is 0 Å². The average Bonchev–Trinajstić information content (AvgIpc) is 1.00. The van der Waals surface area contributed by atoms with Crippen LogP contribution in [-0.2, 0) is 37.8 Å². The van der Waals surface area contributed by atoms with Crippen LogP contribution in [0, 0.1) is 0 Å². The van der Waals surface area contributed by atoms with Gasteiger partial charge in [-0.05, 0) is 0 Å². The molecule has 0 aliphatic rings. The largest absolute Gasteiger partial charge is 0.187 e. The van der Waals surface area contributed by atoms with Crippen molar-refractivity contribution >= 4 is 16.7 Å². The Kier molecular flexibility index (Phi) is 96.7. The SMILES string of the molecule is [B]P.[Co].[Mo]. The zero-order valence-electron chi connectivity index (χ0n) is 1.90. The minimum Gasteiger partial charge on any atom is -0.187 e. The minimum absolute atomic E-state index is 0.